The average Bonchev–Trinajstić information content (AvgIpc) is 2.36. The van der Waals surface area contributed by atoms with Crippen LogP contribution in [0.3, 0.4) is 0 Å². The van der Waals surface area contributed by atoms with Crippen LogP contribution in [0.25, 0.3) is 0 Å². The topological polar surface area (TPSA) is 12.0 Å². The Hall–Kier alpha value is 0.310. The third-order valence-corrected chi connectivity index (χ3v) is 5.63. The lowest BCUT2D eigenvalue weighted by Crippen LogP contribution is -2.43. The summed E-state index contributed by atoms with van der Waals surface area (Å²) in [6, 6.07) is 0.788. The molecule has 0 aromatic carbocycles. The van der Waals surface area contributed by atoms with Gasteiger partial charge in [0.05, 0.1) is 0 Å². The molecule has 0 aliphatic heterocycles. The Bertz CT molecular complexity index is 234. The summed E-state index contributed by atoms with van der Waals surface area (Å²) in [7, 11) is 0. The number of thioether (sulfide) groups is 1. The van der Waals surface area contributed by atoms with Crippen molar-refractivity contribution in [1.82, 2.24) is 5.32 Å². The van der Waals surface area contributed by atoms with Crippen molar-refractivity contribution in [3.05, 3.63) is 0 Å². The van der Waals surface area contributed by atoms with Crippen molar-refractivity contribution < 1.29 is 0 Å². The molecule has 114 valence electrons. The Labute approximate surface area is 125 Å². The molecule has 1 fully saturated rings. The molecule has 1 N–H and O–H groups in total. The molecule has 0 bridgehead atoms. The predicted molar refractivity (Wildman–Crippen MR) is 90.0 cm³/mol. The maximum atomic E-state index is 3.81. The lowest BCUT2D eigenvalue weighted by atomic mass is 9.67. The first-order chi connectivity index (χ1) is 8.99. The smallest absolute Gasteiger partial charge is 0.00958 e. The van der Waals surface area contributed by atoms with Crippen LogP contribution in [-0.2, 0) is 0 Å². The maximum Gasteiger partial charge on any atom is 0.00958 e. The Morgan fingerprint density at radius 2 is 1.89 bits per heavy atom. The SMILES string of the molecule is CCCNC1CCC(C(C)(C)C)CC1CCSCC. The summed E-state index contributed by atoms with van der Waals surface area (Å²) < 4.78 is 0. The number of hydrogen-bond donors (Lipinski definition) is 1. The molecule has 0 aromatic rings. The number of rotatable bonds is 7. The molecule has 2 heteroatoms. The zero-order valence-electron chi connectivity index (χ0n) is 13.8. The van der Waals surface area contributed by atoms with Crippen LogP contribution in [0.4, 0.5) is 0 Å². The van der Waals surface area contributed by atoms with Crippen molar-refractivity contribution in [3.8, 4) is 0 Å². The highest BCUT2D eigenvalue weighted by molar-refractivity contribution is 7.99. The quantitative estimate of drug-likeness (QED) is 0.663. The van der Waals surface area contributed by atoms with Gasteiger partial charge in [-0.1, -0.05) is 34.6 Å². The molecule has 1 aliphatic carbocycles. The summed E-state index contributed by atoms with van der Waals surface area (Å²) in [6.45, 7) is 13.0. The summed E-state index contributed by atoms with van der Waals surface area (Å²) in [4.78, 5) is 0. The van der Waals surface area contributed by atoms with Gasteiger partial charge in [0.1, 0.15) is 0 Å². The molecule has 0 saturated heterocycles. The molecule has 0 amide bonds. The fourth-order valence-corrected chi connectivity index (χ4v) is 4.11. The minimum atomic E-state index is 0.492. The molecule has 1 aliphatic rings. The summed E-state index contributed by atoms with van der Waals surface area (Å²) >= 11 is 2.11. The summed E-state index contributed by atoms with van der Waals surface area (Å²) in [5.74, 6) is 4.44. The van der Waals surface area contributed by atoms with E-state index in [2.05, 4.69) is 51.7 Å². The highest BCUT2D eigenvalue weighted by Gasteiger charge is 2.35. The fourth-order valence-electron chi connectivity index (χ4n) is 3.35. The van der Waals surface area contributed by atoms with Gasteiger partial charge < -0.3 is 5.32 Å². The first-order valence-electron chi connectivity index (χ1n) is 8.30. The largest absolute Gasteiger partial charge is 0.314 e. The summed E-state index contributed by atoms with van der Waals surface area (Å²) in [5.41, 5.74) is 0.492. The highest BCUT2D eigenvalue weighted by Crippen LogP contribution is 2.41. The molecule has 0 spiro atoms. The average molecular weight is 286 g/mol. The van der Waals surface area contributed by atoms with Crippen LogP contribution < -0.4 is 5.32 Å². The van der Waals surface area contributed by atoms with Gasteiger partial charge in [0, 0.05) is 6.04 Å². The van der Waals surface area contributed by atoms with Crippen LogP contribution >= 0.6 is 11.8 Å². The molecule has 1 rings (SSSR count). The summed E-state index contributed by atoms with van der Waals surface area (Å²) in [5, 5.41) is 3.81. The molecule has 0 radical (unpaired) electrons. The Kier molecular flexibility index (Phi) is 7.83. The highest BCUT2D eigenvalue weighted by atomic mass is 32.2. The zero-order valence-corrected chi connectivity index (χ0v) is 14.6. The number of nitrogens with one attached hydrogen (secondary N) is 1. The van der Waals surface area contributed by atoms with Crippen LogP contribution in [0.2, 0.25) is 0 Å². The Balaban J connectivity index is 2.52. The lowest BCUT2D eigenvalue weighted by Gasteiger charge is -2.42. The second-order valence-corrected chi connectivity index (χ2v) is 8.58. The van der Waals surface area contributed by atoms with Crippen LogP contribution in [-0.4, -0.2) is 24.1 Å². The molecule has 19 heavy (non-hydrogen) atoms. The third kappa shape index (κ3) is 6.08. The maximum absolute atomic E-state index is 3.81. The van der Waals surface area contributed by atoms with E-state index in [0.29, 0.717) is 5.41 Å². The molecule has 0 heterocycles. The zero-order chi connectivity index (χ0) is 14.3. The van der Waals surface area contributed by atoms with E-state index in [1.165, 1.54) is 50.2 Å². The van der Waals surface area contributed by atoms with Crippen molar-refractivity contribution in [2.75, 3.05) is 18.1 Å². The van der Waals surface area contributed by atoms with Gasteiger partial charge in [-0.25, -0.2) is 0 Å². The normalized spacial score (nSPS) is 28.6. The molecular weight excluding hydrogens is 250 g/mol. The van der Waals surface area contributed by atoms with E-state index in [9.17, 15) is 0 Å². The lowest BCUT2D eigenvalue weighted by molar-refractivity contribution is 0.112. The molecule has 1 saturated carbocycles. The molecule has 3 atom stereocenters. The second kappa shape index (κ2) is 8.56. The first kappa shape index (κ1) is 17.4. The van der Waals surface area contributed by atoms with Crippen molar-refractivity contribution in [2.24, 2.45) is 17.3 Å². The Morgan fingerprint density at radius 3 is 2.47 bits per heavy atom. The minimum absolute atomic E-state index is 0.492. The van der Waals surface area contributed by atoms with E-state index in [4.69, 9.17) is 0 Å². The predicted octanol–water partition coefficient (Wildman–Crippen LogP) is 4.96. The van der Waals surface area contributed by atoms with Gasteiger partial charge >= 0.3 is 0 Å². The third-order valence-electron chi connectivity index (χ3n) is 4.70. The van der Waals surface area contributed by atoms with E-state index >= 15 is 0 Å². The van der Waals surface area contributed by atoms with Gasteiger partial charge in [0.25, 0.3) is 0 Å². The second-order valence-electron chi connectivity index (χ2n) is 7.18. The van der Waals surface area contributed by atoms with Crippen molar-refractivity contribution in [3.63, 3.8) is 0 Å². The van der Waals surface area contributed by atoms with Gasteiger partial charge in [0.2, 0.25) is 0 Å². The van der Waals surface area contributed by atoms with Crippen LogP contribution in [0, 0.1) is 17.3 Å². The monoisotopic (exact) mass is 285 g/mol. The molecular formula is C17H35NS. The van der Waals surface area contributed by atoms with Crippen molar-refractivity contribution >= 4 is 11.8 Å². The van der Waals surface area contributed by atoms with E-state index in [-0.39, 0.29) is 0 Å². The van der Waals surface area contributed by atoms with Gasteiger partial charge in [0.15, 0.2) is 0 Å². The van der Waals surface area contributed by atoms with E-state index in [1.807, 2.05) is 0 Å². The van der Waals surface area contributed by atoms with Gasteiger partial charge in [-0.3, -0.25) is 0 Å². The molecule has 1 nitrogen and oxygen atoms in total. The molecule has 0 aromatic heterocycles. The Morgan fingerprint density at radius 1 is 1.16 bits per heavy atom. The first-order valence-corrected chi connectivity index (χ1v) is 9.45. The van der Waals surface area contributed by atoms with Gasteiger partial charge in [-0.15, -0.1) is 0 Å². The van der Waals surface area contributed by atoms with Crippen LogP contribution in [0.5, 0.6) is 0 Å². The van der Waals surface area contributed by atoms with E-state index in [1.54, 1.807) is 0 Å². The summed E-state index contributed by atoms with van der Waals surface area (Å²) in [6.07, 6.45) is 6.92. The van der Waals surface area contributed by atoms with Crippen LogP contribution in [0.15, 0.2) is 0 Å². The minimum Gasteiger partial charge on any atom is -0.314 e. The van der Waals surface area contributed by atoms with Crippen LogP contribution in [0.1, 0.15) is 66.7 Å². The van der Waals surface area contributed by atoms with Crippen molar-refractivity contribution in [1.29, 1.82) is 0 Å². The van der Waals surface area contributed by atoms with Gasteiger partial charge in [-0.05, 0) is 67.4 Å². The van der Waals surface area contributed by atoms with E-state index < -0.39 is 0 Å². The number of hydrogen-bond acceptors (Lipinski definition) is 2. The van der Waals surface area contributed by atoms with Gasteiger partial charge in [-0.2, -0.15) is 11.8 Å². The fraction of sp³-hybridized carbons (Fsp3) is 1.00. The van der Waals surface area contributed by atoms with E-state index in [0.717, 1.165) is 17.9 Å². The standard InChI is InChI=1S/C17H35NS/c1-6-11-18-16-9-8-15(17(3,4)5)13-14(16)10-12-19-7-2/h14-16,18H,6-13H2,1-5H3. The van der Waals surface area contributed by atoms with Crippen molar-refractivity contribution in [2.45, 2.75) is 72.8 Å². The molecule has 3 unspecified atom stereocenters.